The molecule has 1 aromatic heterocycles. The molecule has 1 aromatic carbocycles. The fourth-order valence-corrected chi connectivity index (χ4v) is 5.71. The van der Waals surface area contributed by atoms with Gasteiger partial charge in [-0.3, -0.25) is 9.69 Å². The van der Waals surface area contributed by atoms with E-state index in [-0.39, 0.29) is 11.9 Å². The standard InChI is InChI=1S/C19H25N3O3S2/c1-14-6-7-15(2)17(13-14)20-19(23)16(3)21-8-10-22(11-9-21)27(24,25)18-5-4-12-26-18/h4-7,12-13,16H,8-11H2,1-3H3,(H,20,23)/t16-/m0/s1. The van der Waals surface area contributed by atoms with Crippen LogP contribution in [0.2, 0.25) is 0 Å². The molecule has 146 valence electrons. The van der Waals surface area contributed by atoms with Crippen LogP contribution in [0, 0.1) is 13.8 Å². The molecule has 1 N–H and O–H groups in total. The van der Waals surface area contributed by atoms with Crippen LogP contribution in [0.15, 0.2) is 39.9 Å². The van der Waals surface area contributed by atoms with E-state index in [2.05, 4.69) is 5.32 Å². The number of piperazine rings is 1. The number of hydrogen-bond acceptors (Lipinski definition) is 5. The molecular formula is C19H25N3O3S2. The third-order valence-corrected chi connectivity index (χ3v) is 8.21. The normalized spacial score (nSPS) is 17.6. The van der Waals surface area contributed by atoms with E-state index in [1.54, 1.807) is 17.5 Å². The fraction of sp³-hybridized carbons (Fsp3) is 0.421. The van der Waals surface area contributed by atoms with Crippen molar-refractivity contribution in [2.24, 2.45) is 0 Å². The number of benzene rings is 1. The van der Waals surface area contributed by atoms with Gasteiger partial charge in [-0.2, -0.15) is 4.31 Å². The van der Waals surface area contributed by atoms with Gasteiger partial charge >= 0.3 is 0 Å². The summed E-state index contributed by atoms with van der Waals surface area (Å²) in [6, 6.07) is 9.02. The fourth-order valence-electron chi connectivity index (χ4n) is 3.14. The zero-order chi connectivity index (χ0) is 19.6. The third kappa shape index (κ3) is 4.40. The van der Waals surface area contributed by atoms with Crippen molar-refractivity contribution in [3.63, 3.8) is 0 Å². The minimum atomic E-state index is -3.42. The van der Waals surface area contributed by atoms with Crippen molar-refractivity contribution in [1.29, 1.82) is 0 Å². The summed E-state index contributed by atoms with van der Waals surface area (Å²) < 4.78 is 27.1. The van der Waals surface area contributed by atoms with Gasteiger partial charge in [0.05, 0.1) is 6.04 Å². The summed E-state index contributed by atoms with van der Waals surface area (Å²) in [6.45, 7) is 7.67. The molecule has 1 amide bonds. The Hall–Kier alpha value is -1.74. The number of hydrogen-bond donors (Lipinski definition) is 1. The van der Waals surface area contributed by atoms with Crippen molar-refractivity contribution in [3.8, 4) is 0 Å². The second-order valence-corrected chi connectivity index (χ2v) is 9.97. The second kappa shape index (κ2) is 8.10. The Bertz CT molecular complexity index is 902. The summed E-state index contributed by atoms with van der Waals surface area (Å²) in [4.78, 5) is 14.7. The highest BCUT2D eigenvalue weighted by Gasteiger charge is 2.32. The van der Waals surface area contributed by atoms with Crippen LogP contribution in [-0.2, 0) is 14.8 Å². The average Bonchev–Trinajstić information content (AvgIpc) is 3.20. The third-order valence-electron chi connectivity index (χ3n) is 4.94. The number of sulfonamides is 1. The molecule has 0 bridgehead atoms. The molecule has 1 aliphatic heterocycles. The van der Waals surface area contributed by atoms with Crippen LogP contribution in [-0.4, -0.2) is 55.8 Å². The number of anilines is 1. The number of amides is 1. The molecular weight excluding hydrogens is 382 g/mol. The average molecular weight is 408 g/mol. The lowest BCUT2D eigenvalue weighted by Gasteiger charge is -2.36. The maximum absolute atomic E-state index is 12.7. The molecule has 0 spiro atoms. The van der Waals surface area contributed by atoms with E-state index >= 15 is 0 Å². The topological polar surface area (TPSA) is 69.7 Å². The van der Waals surface area contributed by atoms with Gasteiger partial charge in [-0.15, -0.1) is 11.3 Å². The van der Waals surface area contributed by atoms with Gasteiger partial charge in [-0.05, 0) is 49.4 Å². The van der Waals surface area contributed by atoms with Crippen LogP contribution >= 0.6 is 11.3 Å². The Morgan fingerprint density at radius 2 is 1.85 bits per heavy atom. The number of aryl methyl sites for hydroxylation is 2. The first kappa shape index (κ1) is 20.0. The van der Waals surface area contributed by atoms with E-state index < -0.39 is 10.0 Å². The lowest BCUT2D eigenvalue weighted by Crippen LogP contribution is -2.53. The van der Waals surface area contributed by atoms with E-state index in [9.17, 15) is 13.2 Å². The minimum Gasteiger partial charge on any atom is -0.324 e. The zero-order valence-corrected chi connectivity index (χ0v) is 17.4. The van der Waals surface area contributed by atoms with Gasteiger partial charge in [0, 0.05) is 31.9 Å². The molecule has 2 aromatic rings. The van der Waals surface area contributed by atoms with E-state index in [4.69, 9.17) is 0 Å². The van der Waals surface area contributed by atoms with Crippen LogP contribution in [0.1, 0.15) is 18.1 Å². The zero-order valence-electron chi connectivity index (χ0n) is 15.8. The highest BCUT2D eigenvalue weighted by molar-refractivity contribution is 7.91. The maximum atomic E-state index is 12.7. The molecule has 0 unspecified atom stereocenters. The van der Waals surface area contributed by atoms with Crippen LogP contribution in [0.3, 0.4) is 0 Å². The summed E-state index contributed by atoms with van der Waals surface area (Å²) in [7, 11) is -3.42. The highest BCUT2D eigenvalue weighted by Crippen LogP contribution is 2.23. The Morgan fingerprint density at radius 1 is 1.15 bits per heavy atom. The van der Waals surface area contributed by atoms with Crippen molar-refractivity contribution in [2.75, 3.05) is 31.5 Å². The minimum absolute atomic E-state index is 0.0711. The van der Waals surface area contributed by atoms with E-state index in [1.165, 1.54) is 15.6 Å². The highest BCUT2D eigenvalue weighted by atomic mass is 32.2. The van der Waals surface area contributed by atoms with Gasteiger partial charge < -0.3 is 5.32 Å². The Morgan fingerprint density at radius 3 is 2.48 bits per heavy atom. The van der Waals surface area contributed by atoms with Crippen molar-refractivity contribution in [1.82, 2.24) is 9.21 Å². The Labute approximate surface area is 164 Å². The summed E-state index contributed by atoms with van der Waals surface area (Å²) in [5.74, 6) is -0.0711. The molecule has 1 atom stereocenters. The second-order valence-electron chi connectivity index (χ2n) is 6.86. The molecule has 6 nitrogen and oxygen atoms in total. The number of nitrogens with one attached hydrogen (secondary N) is 1. The molecule has 3 rings (SSSR count). The molecule has 0 aliphatic carbocycles. The molecule has 1 fully saturated rings. The summed E-state index contributed by atoms with van der Waals surface area (Å²) in [5, 5.41) is 4.77. The van der Waals surface area contributed by atoms with Gasteiger partial charge in [0.15, 0.2) is 0 Å². The molecule has 0 radical (unpaired) electrons. The predicted octanol–water partition coefficient (Wildman–Crippen LogP) is 2.70. The van der Waals surface area contributed by atoms with Gasteiger partial charge in [0.2, 0.25) is 5.91 Å². The van der Waals surface area contributed by atoms with Crippen molar-refractivity contribution in [2.45, 2.75) is 31.0 Å². The molecule has 27 heavy (non-hydrogen) atoms. The number of nitrogens with zero attached hydrogens (tertiary/aromatic N) is 2. The van der Waals surface area contributed by atoms with E-state index in [0.29, 0.717) is 30.4 Å². The van der Waals surface area contributed by atoms with E-state index in [0.717, 1.165) is 16.8 Å². The first-order chi connectivity index (χ1) is 12.8. The summed E-state index contributed by atoms with van der Waals surface area (Å²) in [6.07, 6.45) is 0. The monoisotopic (exact) mass is 407 g/mol. The largest absolute Gasteiger partial charge is 0.324 e. The predicted molar refractivity (Wildman–Crippen MR) is 109 cm³/mol. The molecule has 1 aliphatic rings. The van der Waals surface area contributed by atoms with Crippen LogP contribution < -0.4 is 5.32 Å². The lowest BCUT2D eigenvalue weighted by atomic mass is 10.1. The number of carbonyl (C=O) groups excluding carboxylic acids is 1. The quantitative estimate of drug-likeness (QED) is 0.827. The van der Waals surface area contributed by atoms with Crippen LogP contribution in [0.25, 0.3) is 0 Å². The smallest absolute Gasteiger partial charge is 0.252 e. The van der Waals surface area contributed by atoms with Gasteiger partial charge in [-0.25, -0.2) is 8.42 Å². The van der Waals surface area contributed by atoms with Crippen molar-refractivity contribution < 1.29 is 13.2 Å². The Balaban J connectivity index is 1.60. The molecule has 1 saturated heterocycles. The molecule has 8 heteroatoms. The van der Waals surface area contributed by atoms with Crippen LogP contribution in [0.4, 0.5) is 5.69 Å². The van der Waals surface area contributed by atoms with E-state index in [1.807, 2.05) is 43.9 Å². The summed E-state index contributed by atoms with van der Waals surface area (Å²) >= 11 is 1.23. The Kier molecular flexibility index (Phi) is 6.00. The first-order valence-electron chi connectivity index (χ1n) is 8.95. The number of thiophene rings is 1. The summed E-state index contributed by atoms with van der Waals surface area (Å²) in [5.41, 5.74) is 2.94. The number of carbonyl (C=O) groups is 1. The molecule has 2 heterocycles. The van der Waals surface area contributed by atoms with Gasteiger partial charge in [0.1, 0.15) is 4.21 Å². The SMILES string of the molecule is Cc1ccc(C)c(NC(=O)[C@H](C)N2CCN(S(=O)(=O)c3cccs3)CC2)c1. The lowest BCUT2D eigenvalue weighted by molar-refractivity contribution is -0.121. The van der Waals surface area contributed by atoms with Gasteiger partial charge in [0.25, 0.3) is 10.0 Å². The van der Waals surface area contributed by atoms with Crippen molar-refractivity contribution >= 4 is 33.0 Å². The van der Waals surface area contributed by atoms with Crippen molar-refractivity contribution in [3.05, 3.63) is 46.8 Å². The first-order valence-corrected chi connectivity index (χ1v) is 11.3. The maximum Gasteiger partial charge on any atom is 0.252 e. The molecule has 0 saturated carbocycles. The number of rotatable bonds is 5. The van der Waals surface area contributed by atoms with Gasteiger partial charge in [-0.1, -0.05) is 18.2 Å². The van der Waals surface area contributed by atoms with Crippen LogP contribution in [0.5, 0.6) is 0 Å².